The Kier molecular flexibility index (Phi) is 7.26. The highest BCUT2D eigenvalue weighted by Gasteiger charge is 2.22. The first-order valence-corrected chi connectivity index (χ1v) is 9.33. The second-order valence-electron chi connectivity index (χ2n) is 7.30. The Hall–Kier alpha value is -1.36. The summed E-state index contributed by atoms with van der Waals surface area (Å²) in [5.74, 6) is 0.783. The third kappa shape index (κ3) is 8.16. The lowest BCUT2D eigenvalue weighted by Crippen LogP contribution is -2.42. The summed E-state index contributed by atoms with van der Waals surface area (Å²) in [4.78, 5) is 12.8. The number of amides is 1. The molecular formula is C18H29NO3S. The van der Waals surface area contributed by atoms with Crippen LogP contribution < -0.4 is 5.32 Å². The van der Waals surface area contributed by atoms with E-state index in [9.17, 15) is 9.00 Å². The molecule has 1 N–H and O–H groups in total. The number of ether oxygens (including phenoxy) is 1. The van der Waals surface area contributed by atoms with E-state index in [0.717, 1.165) is 16.9 Å². The number of hydrogen-bond donors (Lipinski definition) is 1. The molecule has 0 fully saturated rings. The van der Waals surface area contributed by atoms with Crippen molar-refractivity contribution in [3.63, 3.8) is 0 Å². The van der Waals surface area contributed by atoms with Gasteiger partial charge in [0, 0.05) is 16.7 Å². The van der Waals surface area contributed by atoms with Gasteiger partial charge < -0.3 is 10.1 Å². The van der Waals surface area contributed by atoms with Gasteiger partial charge in [0.05, 0.1) is 10.8 Å². The van der Waals surface area contributed by atoms with Crippen molar-refractivity contribution in [2.45, 2.75) is 64.5 Å². The van der Waals surface area contributed by atoms with Crippen LogP contribution in [0.25, 0.3) is 0 Å². The molecule has 0 aliphatic heterocycles. The van der Waals surface area contributed by atoms with Gasteiger partial charge >= 0.3 is 6.09 Å². The second-order valence-corrected chi connectivity index (χ2v) is 8.79. The van der Waals surface area contributed by atoms with Crippen LogP contribution in [0.4, 0.5) is 4.79 Å². The van der Waals surface area contributed by atoms with Gasteiger partial charge in [0.1, 0.15) is 5.60 Å². The Morgan fingerprint density at radius 1 is 1.22 bits per heavy atom. The van der Waals surface area contributed by atoms with Crippen molar-refractivity contribution in [1.29, 1.82) is 0 Å². The summed E-state index contributed by atoms with van der Waals surface area (Å²) >= 11 is 0. The van der Waals surface area contributed by atoms with Gasteiger partial charge in [0.15, 0.2) is 0 Å². The average Bonchev–Trinajstić information content (AvgIpc) is 2.35. The van der Waals surface area contributed by atoms with Gasteiger partial charge in [-0.05, 0) is 52.2 Å². The number of aryl methyl sites for hydroxylation is 1. The van der Waals surface area contributed by atoms with Crippen molar-refractivity contribution in [2.24, 2.45) is 5.92 Å². The Balaban J connectivity index is 2.72. The van der Waals surface area contributed by atoms with Gasteiger partial charge in [-0.3, -0.25) is 4.21 Å². The second kappa shape index (κ2) is 8.48. The number of carbonyl (C=O) groups is 1. The molecule has 0 radical (unpaired) electrons. The zero-order valence-electron chi connectivity index (χ0n) is 15.0. The maximum absolute atomic E-state index is 12.5. The summed E-state index contributed by atoms with van der Waals surface area (Å²) in [6.07, 6.45) is 0.306. The molecule has 0 saturated heterocycles. The quantitative estimate of drug-likeness (QED) is 0.851. The molecule has 4 nitrogen and oxygen atoms in total. The highest BCUT2D eigenvalue weighted by Crippen LogP contribution is 2.14. The molecule has 1 unspecified atom stereocenters. The van der Waals surface area contributed by atoms with Crippen molar-refractivity contribution in [3.05, 3.63) is 29.8 Å². The van der Waals surface area contributed by atoms with E-state index in [0.29, 0.717) is 11.7 Å². The van der Waals surface area contributed by atoms with E-state index in [-0.39, 0.29) is 6.04 Å². The molecule has 2 atom stereocenters. The summed E-state index contributed by atoms with van der Waals surface area (Å²) in [5, 5.41) is 2.86. The molecule has 130 valence electrons. The Morgan fingerprint density at radius 3 is 2.26 bits per heavy atom. The van der Waals surface area contributed by atoms with Crippen LogP contribution in [0.1, 0.15) is 46.6 Å². The van der Waals surface area contributed by atoms with Crippen LogP contribution in [0.3, 0.4) is 0 Å². The molecule has 0 saturated carbocycles. The Bertz CT molecular complexity index is 532. The van der Waals surface area contributed by atoms with Crippen molar-refractivity contribution in [2.75, 3.05) is 5.75 Å². The molecule has 1 amide bonds. The van der Waals surface area contributed by atoms with Gasteiger partial charge in [0.2, 0.25) is 0 Å². The molecule has 0 bridgehead atoms. The van der Waals surface area contributed by atoms with Gasteiger partial charge in [-0.2, -0.15) is 0 Å². The van der Waals surface area contributed by atoms with E-state index < -0.39 is 22.5 Å². The SMILES string of the molecule is Cc1ccc(S(=O)C[C@H](CC(C)C)NC(=O)OC(C)(C)C)cc1. The first-order chi connectivity index (χ1) is 10.6. The van der Waals surface area contributed by atoms with Gasteiger partial charge in [0.25, 0.3) is 0 Å². The first kappa shape index (κ1) is 19.7. The fourth-order valence-electron chi connectivity index (χ4n) is 2.18. The number of alkyl carbamates (subject to hydrolysis) is 1. The molecule has 23 heavy (non-hydrogen) atoms. The molecular weight excluding hydrogens is 310 g/mol. The minimum atomic E-state index is -1.15. The monoisotopic (exact) mass is 339 g/mol. The van der Waals surface area contributed by atoms with E-state index in [1.807, 2.05) is 52.0 Å². The fourth-order valence-corrected chi connectivity index (χ4v) is 3.40. The highest BCUT2D eigenvalue weighted by molar-refractivity contribution is 7.85. The molecule has 1 aromatic rings. The van der Waals surface area contributed by atoms with E-state index in [1.165, 1.54) is 0 Å². The molecule has 0 aliphatic rings. The Labute approximate surface area is 142 Å². The molecule has 1 rings (SSSR count). The zero-order valence-corrected chi connectivity index (χ0v) is 15.8. The molecule has 0 aromatic heterocycles. The van der Waals surface area contributed by atoms with Crippen LogP contribution in [0.5, 0.6) is 0 Å². The van der Waals surface area contributed by atoms with Crippen LogP contribution >= 0.6 is 0 Å². The van der Waals surface area contributed by atoms with Crippen LogP contribution in [0.15, 0.2) is 29.2 Å². The number of nitrogens with one attached hydrogen (secondary N) is 1. The minimum absolute atomic E-state index is 0.174. The maximum atomic E-state index is 12.5. The normalized spacial score (nSPS) is 14.4. The van der Waals surface area contributed by atoms with Crippen LogP contribution in [-0.2, 0) is 15.5 Å². The van der Waals surface area contributed by atoms with Gasteiger partial charge in [-0.25, -0.2) is 4.79 Å². The number of rotatable bonds is 6. The Morgan fingerprint density at radius 2 is 1.78 bits per heavy atom. The van der Waals surface area contributed by atoms with E-state index >= 15 is 0 Å². The molecule has 1 aromatic carbocycles. The standard InChI is InChI=1S/C18H29NO3S/c1-13(2)11-15(19-17(20)22-18(4,5)6)12-23(21)16-9-7-14(3)8-10-16/h7-10,13,15H,11-12H2,1-6H3,(H,19,20)/t15-,23?/m0/s1. The summed E-state index contributed by atoms with van der Waals surface area (Å²) in [6.45, 7) is 11.6. The van der Waals surface area contributed by atoms with E-state index in [1.54, 1.807) is 0 Å². The zero-order chi connectivity index (χ0) is 17.6. The van der Waals surface area contributed by atoms with Crippen molar-refractivity contribution < 1.29 is 13.7 Å². The van der Waals surface area contributed by atoms with Crippen LogP contribution in [0.2, 0.25) is 0 Å². The third-order valence-corrected chi connectivity index (χ3v) is 4.62. The lowest BCUT2D eigenvalue weighted by atomic mass is 10.1. The summed E-state index contributed by atoms with van der Waals surface area (Å²) in [7, 11) is -1.15. The van der Waals surface area contributed by atoms with Crippen LogP contribution in [-0.4, -0.2) is 27.7 Å². The molecule has 5 heteroatoms. The average molecular weight is 340 g/mol. The summed E-state index contributed by atoms with van der Waals surface area (Å²) < 4.78 is 17.8. The fraction of sp³-hybridized carbons (Fsp3) is 0.611. The molecule has 0 aliphatic carbocycles. The largest absolute Gasteiger partial charge is 0.444 e. The number of hydrogen-bond acceptors (Lipinski definition) is 3. The van der Waals surface area contributed by atoms with Crippen molar-refractivity contribution in [1.82, 2.24) is 5.32 Å². The highest BCUT2D eigenvalue weighted by atomic mass is 32.2. The first-order valence-electron chi connectivity index (χ1n) is 8.01. The van der Waals surface area contributed by atoms with Crippen molar-refractivity contribution >= 4 is 16.9 Å². The van der Waals surface area contributed by atoms with E-state index in [2.05, 4.69) is 19.2 Å². The molecule has 0 spiro atoms. The van der Waals surface area contributed by atoms with Crippen molar-refractivity contribution in [3.8, 4) is 0 Å². The summed E-state index contributed by atoms with van der Waals surface area (Å²) in [5.41, 5.74) is 0.596. The van der Waals surface area contributed by atoms with E-state index in [4.69, 9.17) is 4.74 Å². The lowest BCUT2D eigenvalue weighted by molar-refractivity contribution is 0.0504. The van der Waals surface area contributed by atoms with Gasteiger partial charge in [-0.1, -0.05) is 31.5 Å². The smallest absolute Gasteiger partial charge is 0.407 e. The van der Waals surface area contributed by atoms with Gasteiger partial charge in [-0.15, -0.1) is 0 Å². The summed E-state index contributed by atoms with van der Waals surface area (Å²) in [6, 6.07) is 7.49. The third-order valence-electron chi connectivity index (χ3n) is 3.11. The topological polar surface area (TPSA) is 55.4 Å². The maximum Gasteiger partial charge on any atom is 0.407 e. The number of carbonyl (C=O) groups excluding carboxylic acids is 1. The predicted octanol–water partition coefficient (Wildman–Crippen LogP) is 4.04. The minimum Gasteiger partial charge on any atom is -0.444 e. The molecule has 0 heterocycles. The predicted molar refractivity (Wildman–Crippen MR) is 95.1 cm³/mol. The lowest BCUT2D eigenvalue weighted by Gasteiger charge is -2.24. The van der Waals surface area contributed by atoms with Crippen LogP contribution in [0, 0.1) is 12.8 Å². The number of benzene rings is 1.